The van der Waals surface area contributed by atoms with E-state index >= 15 is 0 Å². The van der Waals surface area contributed by atoms with Gasteiger partial charge in [0.2, 0.25) is 0 Å². The highest BCUT2D eigenvalue weighted by atomic mass is 32.1. The van der Waals surface area contributed by atoms with Gasteiger partial charge in [0.15, 0.2) is 11.4 Å². The van der Waals surface area contributed by atoms with Gasteiger partial charge in [0.25, 0.3) is 0 Å². The molecular weight excluding hydrogens is 296 g/mol. The summed E-state index contributed by atoms with van der Waals surface area (Å²) in [6.07, 6.45) is 1.59. The Bertz CT molecular complexity index is 959. The van der Waals surface area contributed by atoms with Gasteiger partial charge in [-0.25, -0.2) is 15.0 Å². The molecule has 0 atom stereocenters. The van der Waals surface area contributed by atoms with Crippen LogP contribution in [0.2, 0.25) is 0 Å². The van der Waals surface area contributed by atoms with Gasteiger partial charge in [0.05, 0.1) is 17.2 Å². The van der Waals surface area contributed by atoms with E-state index in [-0.39, 0.29) is 0 Å². The smallest absolute Gasteiger partial charge is 0.196 e. The molecular formula is C16H14N4OS. The molecule has 0 aliphatic rings. The maximum Gasteiger partial charge on any atom is 0.196 e. The van der Waals surface area contributed by atoms with E-state index in [0.29, 0.717) is 6.54 Å². The molecule has 4 aromatic rings. The van der Waals surface area contributed by atoms with Gasteiger partial charge < -0.3 is 9.32 Å². The number of anilines is 1. The first-order valence-corrected chi connectivity index (χ1v) is 7.85. The first kappa shape index (κ1) is 13.2. The molecule has 5 nitrogen and oxygen atoms in total. The Labute approximate surface area is 131 Å². The third kappa shape index (κ3) is 2.12. The highest BCUT2D eigenvalue weighted by Gasteiger charge is 2.16. The minimum absolute atomic E-state index is 0.688. The van der Waals surface area contributed by atoms with Crippen molar-refractivity contribution in [3.63, 3.8) is 0 Å². The van der Waals surface area contributed by atoms with Gasteiger partial charge in [-0.15, -0.1) is 11.3 Å². The lowest BCUT2D eigenvalue weighted by Gasteiger charge is -2.16. The second-order valence-corrected chi connectivity index (χ2v) is 6.25. The molecule has 3 aromatic heterocycles. The lowest BCUT2D eigenvalue weighted by Crippen LogP contribution is -2.18. The molecule has 0 fully saturated rings. The molecule has 3 heterocycles. The Kier molecular flexibility index (Phi) is 3.04. The Balaban J connectivity index is 1.80. The molecule has 22 heavy (non-hydrogen) atoms. The summed E-state index contributed by atoms with van der Waals surface area (Å²) < 4.78 is 5.96. The van der Waals surface area contributed by atoms with Crippen molar-refractivity contribution in [2.24, 2.45) is 0 Å². The summed E-state index contributed by atoms with van der Waals surface area (Å²) in [6.45, 7) is 2.70. The Hall–Kier alpha value is -2.47. The molecule has 0 amide bonds. The van der Waals surface area contributed by atoms with Crippen LogP contribution in [0.5, 0.6) is 0 Å². The number of nitrogens with zero attached hydrogens (tertiary/aromatic N) is 4. The van der Waals surface area contributed by atoms with Crippen LogP contribution in [0.25, 0.3) is 22.1 Å². The monoisotopic (exact) mass is 310 g/mol. The van der Waals surface area contributed by atoms with Crippen LogP contribution < -0.4 is 4.90 Å². The van der Waals surface area contributed by atoms with Crippen LogP contribution in [0.15, 0.2) is 40.4 Å². The van der Waals surface area contributed by atoms with Crippen molar-refractivity contribution in [3.8, 4) is 0 Å². The highest BCUT2D eigenvalue weighted by Crippen LogP contribution is 2.32. The fourth-order valence-electron chi connectivity index (χ4n) is 2.58. The van der Waals surface area contributed by atoms with Crippen LogP contribution in [-0.4, -0.2) is 22.0 Å². The zero-order valence-corrected chi connectivity index (χ0v) is 13.1. The van der Waals surface area contributed by atoms with Crippen LogP contribution in [0.3, 0.4) is 0 Å². The number of thiazole rings is 1. The lowest BCUT2D eigenvalue weighted by molar-refractivity contribution is 0.662. The van der Waals surface area contributed by atoms with Crippen molar-refractivity contribution in [1.29, 1.82) is 0 Å². The molecule has 0 radical (unpaired) electrons. The summed E-state index contributed by atoms with van der Waals surface area (Å²) in [7, 11) is 1.99. The predicted molar refractivity (Wildman–Crippen MR) is 88.3 cm³/mol. The molecule has 0 unspecified atom stereocenters. The van der Waals surface area contributed by atoms with Gasteiger partial charge in [0.1, 0.15) is 17.4 Å². The van der Waals surface area contributed by atoms with E-state index in [1.165, 1.54) is 0 Å². The number of furan rings is 1. The number of aryl methyl sites for hydroxylation is 1. The van der Waals surface area contributed by atoms with Crippen LogP contribution in [0.1, 0.15) is 10.7 Å². The molecule has 6 heteroatoms. The van der Waals surface area contributed by atoms with Crippen LogP contribution in [0.4, 0.5) is 5.82 Å². The van der Waals surface area contributed by atoms with Crippen LogP contribution >= 0.6 is 11.3 Å². The second-order valence-electron chi connectivity index (χ2n) is 5.19. The SMILES string of the molecule is Cc1nc(CN(C)c2ncnc3c2oc2ccccc23)cs1. The maximum atomic E-state index is 5.96. The average Bonchev–Trinajstić information content (AvgIpc) is 3.10. The van der Waals surface area contributed by atoms with Crippen molar-refractivity contribution in [3.05, 3.63) is 46.7 Å². The molecule has 0 bridgehead atoms. The topological polar surface area (TPSA) is 55.1 Å². The van der Waals surface area contributed by atoms with E-state index < -0.39 is 0 Å². The van der Waals surface area contributed by atoms with E-state index in [2.05, 4.69) is 20.3 Å². The standard InChI is InChI=1S/C16H14N4OS/c1-10-19-11(8-22-10)7-20(2)16-15-14(17-9-18-16)12-5-3-4-6-13(12)21-15/h3-6,8-9H,7H2,1-2H3. The molecule has 0 N–H and O–H groups in total. The van der Waals surface area contributed by atoms with Crippen LogP contribution in [0, 0.1) is 6.92 Å². The number of rotatable bonds is 3. The average molecular weight is 310 g/mol. The zero-order valence-electron chi connectivity index (χ0n) is 12.3. The number of fused-ring (bicyclic) bond motifs is 3. The zero-order chi connectivity index (χ0) is 15.1. The summed E-state index contributed by atoms with van der Waals surface area (Å²) in [5, 5.41) is 4.15. The number of benzene rings is 1. The molecule has 110 valence electrons. The molecule has 1 aromatic carbocycles. The van der Waals surface area contributed by atoms with E-state index in [9.17, 15) is 0 Å². The van der Waals surface area contributed by atoms with E-state index in [4.69, 9.17) is 4.42 Å². The summed E-state index contributed by atoms with van der Waals surface area (Å²) >= 11 is 1.66. The molecule has 0 spiro atoms. The van der Waals surface area contributed by atoms with E-state index in [0.717, 1.165) is 38.6 Å². The number of hydrogen-bond donors (Lipinski definition) is 0. The largest absolute Gasteiger partial charge is 0.450 e. The summed E-state index contributed by atoms with van der Waals surface area (Å²) in [5.41, 5.74) is 3.44. The molecule has 0 aliphatic carbocycles. The third-order valence-electron chi connectivity index (χ3n) is 3.57. The Morgan fingerprint density at radius 3 is 2.91 bits per heavy atom. The van der Waals surface area contributed by atoms with E-state index in [1.807, 2.05) is 43.1 Å². The van der Waals surface area contributed by atoms with Crippen molar-refractivity contribution in [1.82, 2.24) is 15.0 Å². The summed E-state index contributed by atoms with van der Waals surface area (Å²) in [5.74, 6) is 0.784. The Morgan fingerprint density at radius 2 is 2.09 bits per heavy atom. The lowest BCUT2D eigenvalue weighted by atomic mass is 10.2. The normalized spacial score (nSPS) is 11.4. The van der Waals surface area contributed by atoms with Crippen molar-refractivity contribution >= 4 is 39.2 Å². The maximum absolute atomic E-state index is 5.96. The van der Waals surface area contributed by atoms with Gasteiger partial charge in [-0.05, 0) is 19.1 Å². The molecule has 4 rings (SSSR count). The minimum atomic E-state index is 0.688. The van der Waals surface area contributed by atoms with Gasteiger partial charge in [-0.2, -0.15) is 0 Å². The minimum Gasteiger partial charge on any atom is -0.450 e. The molecule has 0 saturated carbocycles. The highest BCUT2D eigenvalue weighted by molar-refractivity contribution is 7.09. The fraction of sp³-hybridized carbons (Fsp3) is 0.188. The van der Waals surface area contributed by atoms with Gasteiger partial charge in [0, 0.05) is 17.8 Å². The summed E-state index contributed by atoms with van der Waals surface area (Å²) in [4.78, 5) is 15.3. The van der Waals surface area contributed by atoms with Crippen molar-refractivity contribution < 1.29 is 4.42 Å². The number of para-hydroxylation sites is 1. The van der Waals surface area contributed by atoms with Crippen molar-refractivity contribution in [2.45, 2.75) is 13.5 Å². The Morgan fingerprint density at radius 1 is 1.23 bits per heavy atom. The number of hydrogen-bond acceptors (Lipinski definition) is 6. The second kappa shape index (κ2) is 5.06. The van der Waals surface area contributed by atoms with Gasteiger partial charge in [-0.3, -0.25) is 0 Å². The van der Waals surface area contributed by atoms with Crippen molar-refractivity contribution in [2.75, 3.05) is 11.9 Å². The van der Waals surface area contributed by atoms with Gasteiger partial charge in [-0.1, -0.05) is 12.1 Å². The quantitative estimate of drug-likeness (QED) is 0.576. The molecule has 0 aliphatic heterocycles. The van der Waals surface area contributed by atoms with E-state index in [1.54, 1.807) is 17.7 Å². The third-order valence-corrected chi connectivity index (χ3v) is 4.39. The van der Waals surface area contributed by atoms with Gasteiger partial charge >= 0.3 is 0 Å². The van der Waals surface area contributed by atoms with Crippen LogP contribution in [-0.2, 0) is 6.54 Å². The first-order chi connectivity index (χ1) is 10.7. The first-order valence-electron chi connectivity index (χ1n) is 6.97. The molecule has 0 saturated heterocycles. The number of aromatic nitrogens is 3. The fourth-order valence-corrected chi connectivity index (χ4v) is 3.19. The summed E-state index contributed by atoms with van der Waals surface area (Å²) in [6, 6.07) is 7.91. The predicted octanol–water partition coefficient (Wildman–Crippen LogP) is 3.78.